The molecule has 1 aliphatic heterocycles. The van der Waals surface area contributed by atoms with Gasteiger partial charge >= 0.3 is 6.09 Å². The van der Waals surface area contributed by atoms with Crippen LogP contribution < -0.4 is 10.6 Å². The van der Waals surface area contributed by atoms with Crippen LogP contribution in [0.1, 0.15) is 26.7 Å². The molecule has 0 bridgehead atoms. The van der Waals surface area contributed by atoms with Gasteiger partial charge in [-0.15, -0.1) is 24.0 Å². The molecule has 9 heteroatoms. The summed E-state index contributed by atoms with van der Waals surface area (Å²) in [5, 5.41) is 6.14. The molecule has 2 amide bonds. The van der Waals surface area contributed by atoms with Gasteiger partial charge in [-0.25, -0.2) is 9.79 Å². The van der Waals surface area contributed by atoms with E-state index < -0.39 is 0 Å². The summed E-state index contributed by atoms with van der Waals surface area (Å²) in [6.07, 6.45) is 1.88. The number of halogens is 1. The molecule has 1 saturated carbocycles. The molecule has 8 nitrogen and oxygen atoms in total. The van der Waals surface area contributed by atoms with E-state index in [1.54, 1.807) is 11.8 Å². The minimum absolute atomic E-state index is 0. The van der Waals surface area contributed by atoms with Crippen LogP contribution in [0.2, 0.25) is 0 Å². The molecule has 0 spiro atoms. The summed E-state index contributed by atoms with van der Waals surface area (Å²) in [7, 11) is 0. The monoisotopic (exact) mass is 453 g/mol. The summed E-state index contributed by atoms with van der Waals surface area (Å²) in [5.74, 6) is 0.690. The Balaban J connectivity index is 0.00000288. The molecule has 2 aliphatic rings. The number of rotatable bonds is 5. The zero-order chi connectivity index (χ0) is 16.7. The molecule has 0 unspecified atom stereocenters. The second-order valence-electron chi connectivity index (χ2n) is 5.68. The van der Waals surface area contributed by atoms with Crippen LogP contribution in [-0.2, 0) is 9.53 Å². The van der Waals surface area contributed by atoms with Crippen LogP contribution in [0, 0.1) is 0 Å². The van der Waals surface area contributed by atoms with E-state index in [0.29, 0.717) is 38.8 Å². The second kappa shape index (κ2) is 10.6. The maximum Gasteiger partial charge on any atom is 0.409 e. The number of hydrogen-bond donors (Lipinski definition) is 2. The van der Waals surface area contributed by atoms with Crippen molar-refractivity contribution in [2.24, 2.45) is 4.99 Å². The highest BCUT2D eigenvalue weighted by Gasteiger charge is 2.25. The number of ether oxygens (including phenoxy) is 1. The van der Waals surface area contributed by atoms with Gasteiger partial charge in [0.2, 0.25) is 5.91 Å². The van der Waals surface area contributed by atoms with E-state index in [9.17, 15) is 9.59 Å². The normalized spacial score (nSPS) is 17.8. The molecule has 0 radical (unpaired) electrons. The quantitative estimate of drug-likeness (QED) is 0.362. The maximum atomic E-state index is 11.8. The van der Waals surface area contributed by atoms with Gasteiger partial charge in [-0.05, 0) is 26.7 Å². The summed E-state index contributed by atoms with van der Waals surface area (Å²) in [5.41, 5.74) is 0. The fourth-order valence-corrected chi connectivity index (χ4v) is 2.39. The lowest BCUT2D eigenvalue weighted by molar-refractivity contribution is -0.119. The maximum absolute atomic E-state index is 11.8. The van der Waals surface area contributed by atoms with Crippen molar-refractivity contribution in [1.82, 2.24) is 20.4 Å². The molecule has 0 atom stereocenters. The Morgan fingerprint density at radius 2 is 1.75 bits per heavy atom. The summed E-state index contributed by atoms with van der Waals surface area (Å²) in [4.78, 5) is 31.7. The van der Waals surface area contributed by atoms with Gasteiger partial charge in [-0.1, -0.05) is 0 Å². The molecular formula is C15H28IN5O3. The molecule has 0 aromatic carbocycles. The van der Waals surface area contributed by atoms with Gasteiger partial charge in [-0.2, -0.15) is 0 Å². The second-order valence-corrected chi connectivity index (χ2v) is 5.68. The molecule has 2 N–H and O–H groups in total. The minimum atomic E-state index is -0.266. The lowest BCUT2D eigenvalue weighted by atomic mass is 10.3. The van der Waals surface area contributed by atoms with Crippen LogP contribution >= 0.6 is 24.0 Å². The number of carbonyl (C=O) groups is 2. The number of amides is 2. The number of nitrogens with one attached hydrogen (secondary N) is 2. The molecule has 24 heavy (non-hydrogen) atoms. The van der Waals surface area contributed by atoms with Crippen molar-refractivity contribution >= 4 is 41.9 Å². The first kappa shape index (κ1) is 20.8. The first-order valence-corrected chi connectivity index (χ1v) is 8.38. The van der Waals surface area contributed by atoms with Crippen LogP contribution in [-0.4, -0.2) is 79.7 Å². The van der Waals surface area contributed by atoms with Crippen LogP contribution in [0.5, 0.6) is 0 Å². The Morgan fingerprint density at radius 3 is 2.29 bits per heavy atom. The molecule has 0 aromatic rings. The highest BCUT2D eigenvalue weighted by molar-refractivity contribution is 14.0. The predicted molar refractivity (Wildman–Crippen MR) is 103 cm³/mol. The first-order valence-electron chi connectivity index (χ1n) is 8.38. The number of guanidine groups is 1. The number of aliphatic imine (C=N–C) groups is 1. The molecule has 2 fully saturated rings. The Hall–Kier alpha value is -1.26. The summed E-state index contributed by atoms with van der Waals surface area (Å²) >= 11 is 0. The summed E-state index contributed by atoms with van der Waals surface area (Å²) in [6.45, 7) is 7.60. The standard InChI is InChI=1S/C15H27N5O3.HI/c1-3-16-14(17-11-13(21)18-12-5-6-12)19-7-9-20(10-8-19)15(22)23-4-2;/h12H,3-11H2,1-2H3,(H,16,17)(H,18,21);1H. The molecule has 1 heterocycles. The third-order valence-electron chi connectivity index (χ3n) is 3.75. The van der Waals surface area contributed by atoms with Crippen LogP contribution in [0.15, 0.2) is 4.99 Å². The average Bonchev–Trinajstić information content (AvgIpc) is 3.36. The fourth-order valence-electron chi connectivity index (χ4n) is 2.39. The fraction of sp³-hybridized carbons (Fsp3) is 0.800. The van der Waals surface area contributed by atoms with Crippen LogP contribution in [0.4, 0.5) is 4.79 Å². The number of hydrogen-bond acceptors (Lipinski definition) is 4. The van der Waals surface area contributed by atoms with Gasteiger partial charge in [0.25, 0.3) is 0 Å². The molecule has 2 rings (SSSR count). The Bertz CT molecular complexity index is 448. The zero-order valence-corrected chi connectivity index (χ0v) is 16.7. The van der Waals surface area contributed by atoms with Gasteiger partial charge in [-0.3, -0.25) is 4.79 Å². The molecule has 1 aliphatic carbocycles. The van der Waals surface area contributed by atoms with Gasteiger partial charge in [0.1, 0.15) is 6.54 Å². The molecule has 138 valence electrons. The highest BCUT2D eigenvalue weighted by atomic mass is 127. The third-order valence-corrected chi connectivity index (χ3v) is 3.75. The van der Waals surface area contributed by atoms with Crippen LogP contribution in [0.25, 0.3) is 0 Å². The van der Waals surface area contributed by atoms with Gasteiger partial charge in [0, 0.05) is 38.8 Å². The van der Waals surface area contributed by atoms with E-state index in [1.165, 1.54) is 0 Å². The highest BCUT2D eigenvalue weighted by Crippen LogP contribution is 2.18. The van der Waals surface area contributed by atoms with Gasteiger partial charge in [0.05, 0.1) is 6.61 Å². The topological polar surface area (TPSA) is 86.3 Å². The number of piperazine rings is 1. The smallest absolute Gasteiger partial charge is 0.409 e. The van der Waals surface area contributed by atoms with E-state index in [1.807, 2.05) is 6.92 Å². The van der Waals surface area contributed by atoms with E-state index in [4.69, 9.17) is 4.74 Å². The van der Waals surface area contributed by atoms with Crippen molar-refractivity contribution in [3.8, 4) is 0 Å². The SMILES string of the molecule is CCNC(=NCC(=O)NC1CC1)N1CCN(C(=O)OCC)CC1.I. The Morgan fingerprint density at radius 1 is 1.12 bits per heavy atom. The largest absolute Gasteiger partial charge is 0.450 e. The first-order chi connectivity index (χ1) is 11.1. The summed E-state index contributed by atoms with van der Waals surface area (Å²) < 4.78 is 5.02. The third kappa shape index (κ3) is 6.70. The average molecular weight is 453 g/mol. The van der Waals surface area contributed by atoms with Gasteiger partial charge < -0.3 is 25.2 Å². The zero-order valence-electron chi connectivity index (χ0n) is 14.4. The van der Waals surface area contributed by atoms with Crippen molar-refractivity contribution in [1.29, 1.82) is 0 Å². The van der Waals surface area contributed by atoms with E-state index in [2.05, 4.69) is 20.5 Å². The number of carbonyl (C=O) groups excluding carboxylic acids is 2. The molecule has 0 aromatic heterocycles. The van der Waals surface area contributed by atoms with Crippen molar-refractivity contribution in [3.05, 3.63) is 0 Å². The lowest BCUT2D eigenvalue weighted by Crippen LogP contribution is -2.54. The van der Waals surface area contributed by atoms with Crippen molar-refractivity contribution < 1.29 is 14.3 Å². The lowest BCUT2D eigenvalue weighted by Gasteiger charge is -2.35. The predicted octanol–water partition coefficient (Wildman–Crippen LogP) is 0.623. The van der Waals surface area contributed by atoms with Crippen molar-refractivity contribution in [3.63, 3.8) is 0 Å². The summed E-state index contributed by atoms with van der Waals surface area (Å²) in [6, 6.07) is 0.355. The van der Waals surface area contributed by atoms with Crippen molar-refractivity contribution in [2.45, 2.75) is 32.7 Å². The van der Waals surface area contributed by atoms with Crippen LogP contribution in [0.3, 0.4) is 0 Å². The number of nitrogens with zero attached hydrogens (tertiary/aromatic N) is 3. The van der Waals surface area contributed by atoms with E-state index in [-0.39, 0.29) is 42.5 Å². The van der Waals surface area contributed by atoms with E-state index >= 15 is 0 Å². The van der Waals surface area contributed by atoms with E-state index in [0.717, 1.165) is 25.3 Å². The molecule has 1 saturated heterocycles. The Labute approximate surface area is 160 Å². The van der Waals surface area contributed by atoms with Gasteiger partial charge in [0.15, 0.2) is 5.96 Å². The Kier molecular flexibility index (Phi) is 9.16. The molecular weight excluding hydrogens is 425 g/mol. The van der Waals surface area contributed by atoms with Crippen molar-refractivity contribution in [2.75, 3.05) is 45.9 Å². The minimum Gasteiger partial charge on any atom is -0.450 e.